The molecule has 0 unspecified atom stereocenters. The summed E-state index contributed by atoms with van der Waals surface area (Å²) in [5.41, 5.74) is 1.07. The molecule has 0 aliphatic heterocycles. The monoisotopic (exact) mass is 211 g/mol. The molecule has 1 atom stereocenters. The number of amides is 1. The maximum absolute atomic E-state index is 11.2. The lowest BCUT2D eigenvalue weighted by atomic mass is 9.79. The lowest BCUT2D eigenvalue weighted by molar-refractivity contribution is -0.00868. The number of rotatable bonds is 2. The van der Waals surface area contributed by atoms with Crippen molar-refractivity contribution >= 4 is 6.09 Å². The zero-order valence-electron chi connectivity index (χ0n) is 10.1. The van der Waals surface area contributed by atoms with Crippen molar-refractivity contribution in [2.45, 2.75) is 45.6 Å². The SMILES string of the molecule is CNC(=O)OC(C)(C)[C@H]1CC=C(C)CC1. The van der Waals surface area contributed by atoms with Gasteiger partial charge in [-0.25, -0.2) is 4.79 Å². The minimum absolute atomic E-state index is 0.341. The highest BCUT2D eigenvalue weighted by atomic mass is 16.6. The third-order valence-electron chi connectivity index (χ3n) is 3.18. The Hall–Kier alpha value is -0.990. The van der Waals surface area contributed by atoms with E-state index < -0.39 is 0 Å². The van der Waals surface area contributed by atoms with Crippen LogP contribution in [-0.4, -0.2) is 18.7 Å². The van der Waals surface area contributed by atoms with Crippen LogP contribution in [-0.2, 0) is 4.74 Å². The Labute approximate surface area is 91.9 Å². The van der Waals surface area contributed by atoms with E-state index in [1.54, 1.807) is 7.05 Å². The first-order valence-electron chi connectivity index (χ1n) is 5.52. The molecule has 0 radical (unpaired) electrons. The van der Waals surface area contributed by atoms with Gasteiger partial charge in [-0.15, -0.1) is 0 Å². The van der Waals surface area contributed by atoms with Crippen LogP contribution in [0.4, 0.5) is 4.79 Å². The van der Waals surface area contributed by atoms with E-state index in [2.05, 4.69) is 18.3 Å². The zero-order valence-corrected chi connectivity index (χ0v) is 10.1. The Balaban J connectivity index is 2.58. The number of nitrogens with one attached hydrogen (secondary N) is 1. The normalized spacial score (nSPS) is 21.9. The zero-order chi connectivity index (χ0) is 11.5. The van der Waals surface area contributed by atoms with Gasteiger partial charge >= 0.3 is 6.09 Å². The number of allylic oxidation sites excluding steroid dienone is 2. The molecule has 1 aliphatic carbocycles. The molecule has 0 spiro atoms. The summed E-state index contributed by atoms with van der Waals surface area (Å²) in [7, 11) is 1.59. The van der Waals surface area contributed by atoms with Crippen LogP contribution in [0.25, 0.3) is 0 Å². The number of hydrogen-bond acceptors (Lipinski definition) is 2. The van der Waals surface area contributed by atoms with Gasteiger partial charge in [0.1, 0.15) is 5.60 Å². The molecule has 0 saturated heterocycles. The van der Waals surface area contributed by atoms with Gasteiger partial charge in [-0.1, -0.05) is 11.6 Å². The second kappa shape index (κ2) is 4.69. The van der Waals surface area contributed by atoms with E-state index in [1.807, 2.05) is 13.8 Å². The summed E-state index contributed by atoms with van der Waals surface area (Å²) in [6.07, 6.45) is 5.14. The van der Waals surface area contributed by atoms with Crippen LogP contribution in [0, 0.1) is 5.92 Å². The van der Waals surface area contributed by atoms with Crippen molar-refractivity contribution in [1.29, 1.82) is 0 Å². The van der Waals surface area contributed by atoms with Crippen LogP contribution in [0.2, 0.25) is 0 Å². The second-order valence-electron chi connectivity index (χ2n) is 4.76. The van der Waals surface area contributed by atoms with E-state index in [-0.39, 0.29) is 11.7 Å². The average Bonchev–Trinajstić information content (AvgIpc) is 2.17. The Bertz CT molecular complexity index is 269. The van der Waals surface area contributed by atoms with Gasteiger partial charge in [0.2, 0.25) is 0 Å². The van der Waals surface area contributed by atoms with E-state index >= 15 is 0 Å². The van der Waals surface area contributed by atoms with Crippen LogP contribution in [0.3, 0.4) is 0 Å². The van der Waals surface area contributed by atoms with Crippen molar-refractivity contribution in [2.75, 3.05) is 7.05 Å². The molecule has 0 aromatic heterocycles. The van der Waals surface area contributed by atoms with Gasteiger partial charge in [0, 0.05) is 13.0 Å². The molecule has 86 valence electrons. The molecule has 1 N–H and O–H groups in total. The average molecular weight is 211 g/mol. The molecule has 15 heavy (non-hydrogen) atoms. The summed E-state index contributed by atoms with van der Waals surface area (Å²) in [4.78, 5) is 11.2. The third-order valence-corrected chi connectivity index (χ3v) is 3.18. The fourth-order valence-electron chi connectivity index (χ4n) is 1.97. The van der Waals surface area contributed by atoms with E-state index in [9.17, 15) is 4.79 Å². The van der Waals surface area contributed by atoms with Crippen molar-refractivity contribution in [3.8, 4) is 0 Å². The number of carbonyl (C=O) groups excluding carboxylic acids is 1. The van der Waals surface area contributed by atoms with Gasteiger partial charge < -0.3 is 10.1 Å². The van der Waals surface area contributed by atoms with Crippen LogP contribution < -0.4 is 5.32 Å². The Morgan fingerprint density at radius 1 is 1.60 bits per heavy atom. The van der Waals surface area contributed by atoms with Crippen molar-refractivity contribution in [3.63, 3.8) is 0 Å². The molecule has 3 heteroatoms. The van der Waals surface area contributed by atoms with Crippen molar-refractivity contribution in [3.05, 3.63) is 11.6 Å². The second-order valence-corrected chi connectivity index (χ2v) is 4.76. The number of alkyl carbamates (subject to hydrolysis) is 1. The predicted molar refractivity (Wildman–Crippen MR) is 60.7 cm³/mol. The third kappa shape index (κ3) is 3.26. The van der Waals surface area contributed by atoms with Gasteiger partial charge in [-0.3, -0.25) is 0 Å². The first-order chi connectivity index (χ1) is 6.95. The Morgan fingerprint density at radius 3 is 2.73 bits per heavy atom. The minimum Gasteiger partial charge on any atom is -0.443 e. The van der Waals surface area contributed by atoms with Crippen molar-refractivity contribution in [2.24, 2.45) is 5.92 Å². The topological polar surface area (TPSA) is 38.3 Å². The van der Waals surface area contributed by atoms with E-state index in [0.717, 1.165) is 19.3 Å². The summed E-state index contributed by atoms with van der Waals surface area (Å²) >= 11 is 0. The summed E-state index contributed by atoms with van der Waals surface area (Å²) in [5, 5.41) is 2.49. The number of carbonyl (C=O) groups is 1. The van der Waals surface area contributed by atoms with Crippen LogP contribution in [0.1, 0.15) is 40.0 Å². The van der Waals surface area contributed by atoms with E-state index in [0.29, 0.717) is 5.92 Å². The summed E-state index contributed by atoms with van der Waals surface area (Å²) in [6.45, 7) is 6.13. The van der Waals surface area contributed by atoms with Crippen molar-refractivity contribution < 1.29 is 9.53 Å². The number of ether oxygens (including phenoxy) is 1. The van der Waals surface area contributed by atoms with Crippen molar-refractivity contribution in [1.82, 2.24) is 5.32 Å². The standard InChI is InChI=1S/C12H21NO2/c1-9-5-7-10(8-6-9)12(2,3)15-11(14)13-4/h5,10H,6-8H2,1-4H3,(H,13,14)/t10-/m0/s1. The molecule has 1 aliphatic rings. The van der Waals surface area contributed by atoms with Gasteiger partial charge in [-0.2, -0.15) is 0 Å². The van der Waals surface area contributed by atoms with Gasteiger partial charge in [0.05, 0.1) is 0 Å². The van der Waals surface area contributed by atoms with Gasteiger partial charge in [0.25, 0.3) is 0 Å². The Kier molecular flexibility index (Phi) is 3.77. The molecular formula is C12H21NO2. The highest BCUT2D eigenvalue weighted by Gasteiger charge is 2.33. The molecule has 0 saturated carbocycles. The first kappa shape index (κ1) is 12.1. The molecule has 0 fully saturated rings. The maximum atomic E-state index is 11.2. The summed E-state index contributed by atoms with van der Waals surface area (Å²) < 4.78 is 5.38. The summed E-state index contributed by atoms with van der Waals surface area (Å²) in [6, 6.07) is 0. The molecule has 0 aromatic carbocycles. The molecular weight excluding hydrogens is 190 g/mol. The Morgan fingerprint density at radius 2 is 2.27 bits per heavy atom. The van der Waals surface area contributed by atoms with Crippen LogP contribution in [0.15, 0.2) is 11.6 Å². The van der Waals surface area contributed by atoms with E-state index in [1.165, 1.54) is 5.57 Å². The molecule has 1 amide bonds. The minimum atomic E-state index is -0.378. The quantitative estimate of drug-likeness (QED) is 0.713. The largest absolute Gasteiger partial charge is 0.443 e. The smallest absolute Gasteiger partial charge is 0.407 e. The lowest BCUT2D eigenvalue weighted by Gasteiger charge is -2.35. The molecule has 0 bridgehead atoms. The molecule has 0 heterocycles. The van der Waals surface area contributed by atoms with Gasteiger partial charge in [-0.05, 0) is 40.0 Å². The lowest BCUT2D eigenvalue weighted by Crippen LogP contribution is -2.40. The number of hydrogen-bond donors (Lipinski definition) is 1. The predicted octanol–water partition coefficient (Wildman–Crippen LogP) is 2.87. The summed E-state index contributed by atoms with van der Waals surface area (Å²) in [5.74, 6) is 0.429. The fourth-order valence-corrected chi connectivity index (χ4v) is 1.97. The molecule has 1 rings (SSSR count). The molecule has 3 nitrogen and oxygen atoms in total. The van der Waals surface area contributed by atoms with Crippen LogP contribution in [0.5, 0.6) is 0 Å². The van der Waals surface area contributed by atoms with E-state index in [4.69, 9.17) is 4.74 Å². The first-order valence-corrected chi connectivity index (χ1v) is 5.52. The van der Waals surface area contributed by atoms with Gasteiger partial charge in [0.15, 0.2) is 0 Å². The highest BCUT2D eigenvalue weighted by molar-refractivity contribution is 5.67. The highest BCUT2D eigenvalue weighted by Crippen LogP contribution is 2.33. The fraction of sp³-hybridized carbons (Fsp3) is 0.750. The molecule has 0 aromatic rings. The van der Waals surface area contributed by atoms with Crippen LogP contribution >= 0.6 is 0 Å². The maximum Gasteiger partial charge on any atom is 0.407 e.